The number of carbonyl (C=O) groups is 1. The van der Waals surface area contributed by atoms with Crippen molar-refractivity contribution in [2.24, 2.45) is 10.6 Å². The van der Waals surface area contributed by atoms with Crippen LogP contribution in [0.4, 0.5) is 0 Å². The first kappa shape index (κ1) is 12.6. The van der Waals surface area contributed by atoms with Crippen LogP contribution < -0.4 is 0 Å². The molecule has 0 saturated heterocycles. The lowest BCUT2D eigenvalue weighted by Crippen LogP contribution is -2.36. The van der Waals surface area contributed by atoms with E-state index in [9.17, 15) is 4.79 Å². The summed E-state index contributed by atoms with van der Waals surface area (Å²) in [5, 5.41) is 3.85. The van der Waals surface area contributed by atoms with Gasteiger partial charge in [-0.05, 0) is 32.3 Å². The number of allylic oxidation sites excluding steroid dienone is 1. The quantitative estimate of drug-likeness (QED) is 0.602. The minimum Gasteiger partial charge on any atom is -0.317 e. The molecule has 1 unspecified atom stereocenters. The smallest absolute Gasteiger partial charge is 0.317 e. The van der Waals surface area contributed by atoms with Crippen LogP contribution in [0.15, 0.2) is 47.6 Å². The number of carbonyl (C=O) groups excluding carboxylic acids is 1. The first-order valence-electron chi connectivity index (χ1n) is 5.99. The molecule has 0 fully saturated rings. The predicted octanol–water partition coefficient (Wildman–Crippen LogP) is 3.11. The fraction of sp³-hybridized carbons (Fsp3) is 0.333. The van der Waals surface area contributed by atoms with Crippen LogP contribution in [0.1, 0.15) is 25.8 Å². The molecule has 3 heteroatoms. The van der Waals surface area contributed by atoms with Gasteiger partial charge in [0.15, 0.2) is 0 Å². The molecule has 94 valence electrons. The zero-order valence-corrected chi connectivity index (χ0v) is 10.8. The van der Waals surface area contributed by atoms with Crippen molar-refractivity contribution in [1.29, 1.82) is 0 Å². The lowest BCUT2D eigenvalue weighted by atomic mass is 9.74. The summed E-state index contributed by atoms with van der Waals surface area (Å²) in [6.07, 6.45) is 1.19. The Bertz CT molecular complexity index is 504. The van der Waals surface area contributed by atoms with Gasteiger partial charge in [-0.15, -0.1) is 6.58 Å². The molecule has 0 spiro atoms. The number of benzene rings is 1. The van der Waals surface area contributed by atoms with Gasteiger partial charge in [-0.2, -0.15) is 0 Å². The summed E-state index contributed by atoms with van der Waals surface area (Å²) in [5.74, 6) is -0.271. The monoisotopic (exact) mass is 243 g/mol. The first-order chi connectivity index (χ1) is 8.54. The maximum Gasteiger partial charge on any atom is 0.347 e. The van der Waals surface area contributed by atoms with Gasteiger partial charge in [0, 0.05) is 0 Å². The van der Waals surface area contributed by atoms with Crippen molar-refractivity contribution < 1.29 is 9.63 Å². The fourth-order valence-corrected chi connectivity index (χ4v) is 2.35. The van der Waals surface area contributed by atoms with E-state index in [1.165, 1.54) is 0 Å². The number of rotatable bonds is 4. The van der Waals surface area contributed by atoms with E-state index in [4.69, 9.17) is 4.84 Å². The summed E-state index contributed by atoms with van der Waals surface area (Å²) in [4.78, 5) is 16.9. The Kier molecular flexibility index (Phi) is 3.32. The zero-order valence-electron chi connectivity index (χ0n) is 10.8. The summed E-state index contributed by atoms with van der Waals surface area (Å²) in [7, 11) is 0. The highest BCUT2D eigenvalue weighted by molar-refractivity contribution is 6.08. The molecule has 1 atom stereocenters. The van der Waals surface area contributed by atoms with Gasteiger partial charge in [0.25, 0.3) is 0 Å². The number of hydrogen-bond donors (Lipinski definition) is 0. The van der Waals surface area contributed by atoms with Crippen molar-refractivity contribution >= 4 is 11.7 Å². The van der Waals surface area contributed by atoms with Crippen molar-refractivity contribution in [2.45, 2.75) is 26.7 Å². The van der Waals surface area contributed by atoms with E-state index in [1.54, 1.807) is 0 Å². The van der Waals surface area contributed by atoms with E-state index in [1.807, 2.05) is 44.2 Å². The van der Waals surface area contributed by atoms with Gasteiger partial charge < -0.3 is 4.84 Å². The van der Waals surface area contributed by atoms with Gasteiger partial charge >= 0.3 is 5.97 Å². The average molecular weight is 243 g/mol. The molecule has 0 N–H and O–H groups in total. The van der Waals surface area contributed by atoms with Gasteiger partial charge in [-0.3, -0.25) is 0 Å². The lowest BCUT2D eigenvalue weighted by molar-refractivity contribution is -0.148. The Hall–Kier alpha value is -1.90. The molecule has 18 heavy (non-hydrogen) atoms. The zero-order chi connectivity index (χ0) is 13.2. The van der Waals surface area contributed by atoms with Crippen molar-refractivity contribution in [2.75, 3.05) is 0 Å². The molecular formula is C15H17NO2. The standard InChI is InChI=1S/C15H17NO2/c1-11(2)9-15(12(3)16-18-14(15)17)10-13-7-5-4-6-8-13/h4-8H,1,9-10H2,2-3H3. The van der Waals surface area contributed by atoms with Crippen LogP contribution in [-0.4, -0.2) is 11.7 Å². The minimum absolute atomic E-state index is 0.271. The second kappa shape index (κ2) is 4.77. The first-order valence-corrected chi connectivity index (χ1v) is 5.99. The highest BCUT2D eigenvalue weighted by Crippen LogP contribution is 2.37. The molecule has 0 saturated carbocycles. The third kappa shape index (κ3) is 2.21. The molecule has 0 bridgehead atoms. The Balaban J connectivity index is 2.34. The molecule has 1 aromatic carbocycles. The number of hydrogen-bond acceptors (Lipinski definition) is 3. The normalized spacial score (nSPS) is 22.6. The van der Waals surface area contributed by atoms with E-state index in [-0.39, 0.29) is 5.97 Å². The van der Waals surface area contributed by atoms with E-state index in [0.29, 0.717) is 12.8 Å². The highest BCUT2D eigenvalue weighted by Gasteiger charge is 2.47. The Morgan fingerprint density at radius 1 is 1.39 bits per heavy atom. The van der Waals surface area contributed by atoms with Crippen LogP contribution in [-0.2, 0) is 16.1 Å². The summed E-state index contributed by atoms with van der Waals surface area (Å²) in [6.45, 7) is 7.68. The van der Waals surface area contributed by atoms with Gasteiger partial charge in [0.1, 0.15) is 5.41 Å². The molecule has 2 rings (SSSR count). The molecule has 0 aliphatic carbocycles. The molecule has 1 aliphatic rings. The Morgan fingerprint density at radius 3 is 2.56 bits per heavy atom. The minimum atomic E-state index is -0.673. The van der Waals surface area contributed by atoms with Gasteiger partial charge in [-0.1, -0.05) is 41.1 Å². The lowest BCUT2D eigenvalue weighted by Gasteiger charge is -2.25. The average Bonchev–Trinajstić information content (AvgIpc) is 2.58. The maximum atomic E-state index is 12.1. The van der Waals surface area contributed by atoms with Gasteiger partial charge in [-0.25, -0.2) is 4.79 Å². The van der Waals surface area contributed by atoms with E-state index in [0.717, 1.165) is 16.8 Å². The van der Waals surface area contributed by atoms with Crippen molar-refractivity contribution in [3.05, 3.63) is 48.0 Å². The maximum absolute atomic E-state index is 12.1. The molecular weight excluding hydrogens is 226 g/mol. The Morgan fingerprint density at radius 2 is 2.06 bits per heavy atom. The second-order valence-electron chi connectivity index (χ2n) is 4.93. The molecule has 1 heterocycles. The van der Waals surface area contributed by atoms with E-state index < -0.39 is 5.41 Å². The van der Waals surface area contributed by atoms with Crippen molar-refractivity contribution in [3.63, 3.8) is 0 Å². The van der Waals surface area contributed by atoms with Crippen LogP contribution in [0, 0.1) is 5.41 Å². The van der Waals surface area contributed by atoms with E-state index >= 15 is 0 Å². The molecule has 3 nitrogen and oxygen atoms in total. The van der Waals surface area contributed by atoms with Crippen LogP contribution in [0.25, 0.3) is 0 Å². The van der Waals surface area contributed by atoms with E-state index in [2.05, 4.69) is 11.7 Å². The summed E-state index contributed by atoms with van der Waals surface area (Å²) >= 11 is 0. The third-order valence-corrected chi connectivity index (χ3v) is 3.30. The molecule has 1 aliphatic heterocycles. The molecule has 0 aromatic heterocycles. The van der Waals surface area contributed by atoms with Crippen molar-refractivity contribution in [1.82, 2.24) is 0 Å². The van der Waals surface area contributed by atoms with Crippen LogP contribution >= 0.6 is 0 Å². The second-order valence-corrected chi connectivity index (χ2v) is 4.93. The van der Waals surface area contributed by atoms with Gasteiger partial charge in [0.2, 0.25) is 0 Å². The SMILES string of the molecule is C=C(C)CC1(Cc2ccccc2)C(=O)ON=C1C. The third-order valence-electron chi connectivity index (χ3n) is 3.30. The molecule has 0 amide bonds. The van der Waals surface area contributed by atoms with Crippen LogP contribution in [0.2, 0.25) is 0 Å². The summed E-state index contributed by atoms with van der Waals surface area (Å²) < 4.78 is 0. The van der Waals surface area contributed by atoms with Crippen LogP contribution in [0.3, 0.4) is 0 Å². The van der Waals surface area contributed by atoms with Gasteiger partial charge in [0.05, 0.1) is 5.71 Å². The van der Waals surface area contributed by atoms with Crippen molar-refractivity contribution in [3.8, 4) is 0 Å². The molecule has 0 radical (unpaired) electrons. The Labute approximate surface area is 107 Å². The predicted molar refractivity (Wildman–Crippen MR) is 71.2 cm³/mol. The van der Waals surface area contributed by atoms with Crippen LogP contribution in [0.5, 0.6) is 0 Å². The highest BCUT2D eigenvalue weighted by atomic mass is 16.7. The summed E-state index contributed by atoms with van der Waals surface area (Å²) in [6, 6.07) is 9.92. The number of nitrogens with zero attached hydrogens (tertiary/aromatic N) is 1. The fourth-order valence-electron chi connectivity index (χ4n) is 2.35. The summed E-state index contributed by atoms with van der Waals surface area (Å²) in [5.41, 5.74) is 2.12. The molecule has 1 aromatic rings. The topological polar surface area (TPSA) is 38.7 Å². The largest absolute Gasteiger partial charge is 0.347 e. The number of oxime groups is 1.